The molecule has 0 radical (unpaired) electrons. The molecule has 0 amide bonds. The molecule has 1 nitrogen and oxygen atoms in total. The third kappa shape index (κ3) is 2.23. The topological polar surface area (TPSA) is 20.2 Å². The first-order valence-electron chi connectivity index (χ1n) is 5.94. The lowest BCUT2D eigenvalue weighted by atomic mass is 9.71. The van der Waals surface area contributed by atoms with Gasteiger partial charge >= 0.3 is 0 Å². The maximum Gasteiger partial charge on any atom is 0.0633 e. The molecule has 1 N–H and O–H groups in total. The van der Waals surface area contributed by atoms with E-state index in [0.29, 0.717) is 0 Å². The van der Waals surface area contributed by atoms with Crippen molar-refractivity contribution < 1.29 is 5.11 Å². The van der Waals surface area contributed by atoms with Crippen LogP contribution >= 0.6 is 0 Å². The maximum absolute atomic E-state index is 10.2. The van der Waals surface area contributed by atoms with Gasteiger partial charge in [0, 0.05) is 5.41 Å². The standard InChI is InChI=1S/C14H22O/c1-4-13(15)14(5-2,6-3)12-10-8-7-9-11-12/h7-11,13,15H,4-6H2,1-3H3/t13-/m0/s1. The molecule has 0 spiro atoms. The van der Waals surface area contributed by atoms with Gasteiger partial charge in [0.2, 0.25) is 0 Å². The molecular weight excluding hydrogens is 184 g/mol. The van der Waals surface area contributed by atoms with Crippen LogP contribution in [0.4, 0.5) is 0 Å². The average molecular weight is 206 g/mol. The Morgan fingerprint density at radius 1 is 1.07 bits per heavy atom. The van der Waals surface area contributed by atoms with Gasteiger partial charge in [0.05, 0.1) is 6.10 Å². The van der Waals surface area contributed by atoms with Crippen molar-refractivity contribution in [2.24, 2.45) is 0 Å². The molecule has 1 heteroatoms. The second kappa shape index (κ2) is 5.32. The highest BCUT2D eigenvalue weighted by Crippen LogP contribution is 2.36. The second-order valence-corrected chi connectivity index (χ2v) is 4.15. The fraction of sp³-hybridized carbons (Fsp3) is 0.571. The van der Waals surface area contributed by atoms with Crippen molar-refractivity contribution in [2.75, 3.05) is 0 Å². The molecule has 0 bridgehead atoms. The van der Waals surface area contributed by atoms with Crippen LogP contribution in [0.5, 0.6) is 0 Å². The Morgan fingerprint density at radius 3 is 2.00 bits per heavy atom. The van der Waals surface area contributed by atoms with Crippen molar-refractivity contribution in [1.29, 1.82) is 0 Å². The smallest absolute Gasteiger partial charge is 0.0633 e. The lowest BCUT2D eigenvalue weighted by molar-refractivity contribution is 0.0698. The monoisotopic (exact) mass is 206 g/mol. The molecule has 1 aromatic carbocycles. The number of aliphatic hydroxyl groups excluding tert-OH is 1. The molecule has 0 aromatic heterocycles. The second-order valence-electron chi connectivity index (χ2n) is 4.15. The van der Waals surface area contributed by atoms with Crippen molar-refractivity contribution in [3.8, 4) is 0 Å². The maximum atomic E-state index is 10.2. The van der Waals surface area contributed by atoms with Gasteiger partial charge in [-0.05, 0) is 24.8 Å². The summed E-state index contributed by atoms with van der Waals surface area (Å²) in [6, 6.07) is 10.4. The molecule has 0 aliphatic rings. The van der Waals surface area contributed by atoms with Crippen molar-refractivity contribution in [3.63, 3.8) is 0 Å². The summed E-state index contributed by atoms with van der Waals surface area (Å²) >= 11 is 0. The highest BCUT2D eigenvalue weighted by atomic mass is 16.3. The SMILES string of the molecule is CC[C@H](O)C(CC)(CC)c1ccccc1. The molecule has 0 fully saturated rings. The molecule has 0 aliphatic carbocycles. The van der Waals surface area contributed by atoms with Crippen LogP contribution in [-0.4, -0.2) is 11.2 Å². The van der Waals surface area contributed by atoms with Gasteiger partial charge in [0.25, 0.3) is 0 Å². The van der Waals surface area contributed by atoms with Crippen LogP contribution in [0.15, 0.2) is 30.3 Å². The Balaban J connectivity index is 3.11. The number of hydrogen-bond donors (Lipinski definition) is 1. The Bertz CT molecular complexity index is 275. The summed E-state index contributed by atoms with van der Waals surface area (Å²) < 4.78 is 0. The van der Waals surface area contributed by atoms with Gasteiger partial charge in [-0.2, -0.15) is 0 Å². The minimum Gasteiger partial charge on any atom is -0.392 e. The summed E-state index contributed by atoms with van der Waals surface area (Å²) in [7, 11) is 0. The van der Waals surface area contributed by atoms with Gasteiger partial charge in [-0.1, -0.05) is 51.1 Å². The molecule has 0 heterocycles. The number of aliphatic hydroxyl groups is 1. The Kier molecular flexibility index (Phi) is 4.34. The summed E-state index contributed by atoms with van der Waals surface area (Å²) in [5.74, 6) is 0. The highest BCUT2D eigenvalue weighted by Gasteiger charge is 2.34. The molecule has 0 saturated heterocycles. The molecule has 15 heavy (non-hydrogen) atoms. The minimum atomic E-state index is -0.241. The van der Waals surface area contributed by atoms with Gasteiger partial charge in [0.1, 0.15) is 0 Å². The summed E-state index contributed by atoms with van der Waals surface area (Å²) in [6.07, 6.45) is 2.55. The molecule has 1 rings (SSSR count). The van der Waals surface area contributed by atoms with Crippen molar-refractivity contribution in [2.45, 2.75) is 51.6 Å². The van der Waals surface area contributed by atoms with Crippen molar-refractivity contribution >= 4 is 0 Å². The third-order valence-corrected chi connectivity index (χ3v) is 3.64. The molecule has 0 saturated carbocycles. The number of hydrogen-bond acceptors (Lipinski definition) is 1. The van der Waals surface area contributed by atoms with Gasteiger partial charge < -0.3 is 5.11 Å². The molecule has 0 aliphatic heterocycles. The lowest BCUT2D eigenvalue weighted by Gasteiger charge is -2.36. The largest absolute Gasteiger partial charge is 0.392 e. The first-order chi connectivity index (χ1) is 7.21. The fourth-order valence-electron chi connectivity index (χ4n) is 2.48. The first-order valence-corrected chi connectivity index (χ1v) is 5.94. The van der Waals surface area contributed by atoms with E-state index in [2.05, 4.69) is 38.1 Å². The van der Waals surface area contributed by atoms with Crippen LogP contribution in [0, 0.1) is 0 Å². The molecule has 84 valence electrons. The quantitative estimate of drug-likeness (QED) is 0.781. The molecular formula is C14H22O. The van der Waals surface area contributed by atoms with E-state index in [0.717, 1.165) is 19.3 Å². The lowest BCUT2D eigenvalue weighted by Crippen LogP contribution is -2.38. The zero-order valence-electron chi connectivity index (χ0n) is 10.0. The van der Waals surface area contributed by atoms with Gasteiger partial charge in [-0.3, -0.25) is 0 Å². The summed E-state index contributed by atoms with van der Waals surface area (Å²) in [5.41, 5.74) is 1.21. The van der Waals surface area contributed by atoms with E-state index in [1.54, 1.807) is 0 Å². The predicted octanol–water partition coefficient (Wildman–Crippen LogP) is 3.52. The summed E-state index contributed by atoms with van der Waals surface area (Å²) in [5, 5.41) is 10.2. The Morgan fingerprint density at radius 2 is 1.60 bits per heavy atom. The summed E-state index contributed by atoms with van der Waals surface area (Å²) in [4.78, 5) is 0. The van der Waals surface area contributed by atoms with E-state index in [4.69, 9.17) is 0 Å². The van der Waals surface area contributed by atoms with E-state index in [1.165, 1.54) is 5.56 Å². The van der Waals surface area contributed by atoms with Crippen LogP contribution in [-0.2, 0) is 5.41 Å². The summed E-state index contributed by atoms with van der Waals surface area (Å²) in [6.45, 7) is 6.37. The van der Waals surface area contributed by atoms with Gasteiger partial charge in [-0.25, -0.2) is 0 Å². The number of benzene rings is 1. The predicted molar refractivity (Wildman–Crippen MR) is 65.0 cm³/mol. The number of rotatable bonds is 5. The molecule has 1 aromatic rings. The van der Waals surface area contributed by atoms with Gasteiger partial charge in [-0.15, -0.1) is 0 Å². The van der Waals surface area contributed by atoms with E-state index < -0.39 is 0 Å². The zero-order valence-corrected chi connectivity index (χ0v) is 10.0. The molecule has 1 atom stereocenters. The Hall–Kier alpha value is -0.820. The highest BCUT2D eigenvalue weighted by molar-refractivity contribution is 5.26. The Labute approximate surface area is 93.1 Å². The van der Waals surface area contributed by atoms with Gasteiger partial charge in [0.15, 0.2) is 0 Å². The van der Waals surface area contributed by atoms with Crippen molar-refractivity contribution in [3.05, 3.63) is 35.9 Å². The van der Waals surface area contributed by atoms with E-state index in [1.807, 2.05) is 13.0 Å². The van der Waals surface area contributed by atoms with Crippen LogP contribution in [0.25, 0.3) is 0 Å². The van der Waals surface area contributed by atoms with E-state index in [-0.39, 0.29) is 11.5 Å². The first kappa shape index (κ1) is 12.3. The minimum absolute atomic E-state index is 0.0595. The normalized spacial score (nSPS) is 13.9. The van der Waals surface area contributed by atoms with Crippen molar-refractivity contribution in [1.82, 2.24) is 0 Å². The third-order valence-electron chi connectivity index (χ3n) is 3.64. The van der Waals surface area contributed by atoms with Crippen LogP contribution < -0.4 is 0 Å². The van der Waals surface area contributed by atoms with Crippen LogP contribution in [0.2, 0.25) is 0 Å². The van der Waals surface area contributed by atoms with E-state index >= 15 is 0 Å². The molecule has 0 unspecified atom stereocenters. The zero-order chi connectivity index (χ0) is 11.3. The average Bonchev–Trinajstić information content (AvgIpc) is 2.32. The van der Waals surface area contributed by atoms with Crippen LogP contribution in [0.1, 0.15) is 45.6 Å². The van der Waals surface area contributed by atoms with Crippen LogP contribution in [0.3, 0.4) is 0 Å². The van der Waals surface area contributed by atoms with E-state index in [9.17, 15) is 5.11 Å². The fourth-order valence-corrected chi connectivity index (χ4v) is 2.48.